The van der Waals surface area contributed by atoms with Gasteiger partial charge in [0.1, 0.15) is 12.4 Å². The van der Waals surface area contributed by atoms with Crippen molar-refractivity contribution in [1.29, 1.82) is 0 Å². The second-order valence-electron chi connectivity index (χ2n) is 5.80. The summed E-state index contributed by atoms with van der Waals surface area (Å²) in [7, 11) is 0. The molecule has 0 bridgehead atoms. The smallest absolute Gasteiger partial charge is 0.269 e. The lowest BCUT2D eigenvalue weighted by molar-refractivity contribution is 0.0934. The Morgan fingerprint density at radius 2 is 1.71 bits per heavy atom. The molecule has 3 N–H and O–H groups in total. The standard InChI is InChI=1S/C20H23N3O4S/c1-3-26-11-12-27-17-6-4-5-16(13-17)18(24)21-20(28)23-22-19(25)15-9-7-14(2)8-10-15/h4-10,13H,3,11-12H2,1-2H3,(H,22,25)(H2,21,23,24,28). The molecule has 0 radical (unpaired) electrons. The zero-order chi connectivity index (χ0) is 20.4. The first-order valence-corrected chi connectivity index (χ1v) is 9.19. The normalized spacial score (nSPS) is 10.1. The fraction of sp³-hybridized carbons (Fsp3) is 0.250. The molecule has 8 heteroatoms. The highest BCUT2D eigenvalue weighted by Gasteiger charge is 2.10. The summed E-state index contributed by atoms with van der Waals surface area (Å²) in [6.45, 7) is 5.33. The number of nitrogens with one attached hydrogen (secondary N) is 3. The zero-order valence-corrected chi connectivity index (χ0v) is 16.6. The predicted molar refractivity (Wildman–Crippen MR) is 110 cm³/mol. The predicted octanol–water partition coefficient (Wildman–Crippen LogP) is 2.36. The third kappa shape index (κ3) is 6.98. The number of amides is 2. The van der Waals surface area contributed by atoms with E-state index in [-0.39, 0.29) is 11.0 Å². The lowest BCUT2D eigenvalue weighted by Gasteiger charge is -2.12. The Labute approximate surface area is 169 Å². The monoisotopic (exact) mass is 401 g/mol. The Balaban J connectivity index is 1.82. The van der Waals surface area contributed by atoms with Crippen LogP contribution >= 0.6 is 12.2 Å². The highest BCUT2D eigenvalue weighted by Crippen LogP contribution is 2.13. The van der Waals surface area contributed by atoms with Gasteiger partial charge in [0.05, 0.1) is 6.61 Å². The number of carbonyl (C=O) groups excluding carboxylic acids is 2. The fourth-order valence-electron chi connectivity index (χ4n) is 2.19. The summed E-state index contributed by atoms with van der Waals surface area (Å²) < 4.78 is 10.7. The minimum Gasteiger partial charge on any atom is -0.491 e. The fourth-order valence-corrected chi connectivity index (χ4v) is 2.33. The van der Waals surface area contributed by atoms with E-state index in [1.807, 2.05) is 26.0 Å². The van der Waals surface area contributed by atoms with Crippen molar-refractivity contribution < 1.29 is 19.1 Å². The third-order valence-corrected chi connectivity index (χ3v) is 3.83. The molecule has 0 aliphatic heterocycles. The molecule has 0 saturated heterocycles. The van der Waals surface area contributed by atoms with Gasteiger partial charge in [-0.3, -0.25) is 25.8 Å². The van der Waals surface area contributed by atoms with Gasteiger partial charge in [-0.2, -0.15) is 0 Å². The van der Waals surface area contributed by atoms with Gasteiger partial charge in [-0.25, -0.2) is 0 Å². The quantitative estimate of drug-likeness (QED) is 0.375. The first kappa shape index (κ1) is 21.3. The number of rotatable bonds is 7. The molecule has 0 fully saturated rings. The molecule has 0 aliphatic rings. The van der Waals surface area contributed by atoms with Gasteiger partial charge < -0.3 is 9.47 Å². The number of ether oxygens (including phenoxy) is 2. The topological polar surface area (TPSA) is 88.7 Å². The van der Waals surface area contributed by atoms with Crippen LogP contribution in [0.1, 0.15) is 33.2 Å². The highest BCUT2D eigenvalue weighted by atomic mass is 32.1. The van der Waals surface area contributed by atoms with Crippen molar-refractivity contribution in [2.45, 2.75) is 13.8 Å². The number of benzene rings is 2. The molecular formula is C20H23N3O4S. The summed E-state index contributed by atoms with van der Waals surface area (Å²) in [6.07, 6.45) is 0. The van der Waals surface area contributed by atoms with Crippen LogP contribution in [0.4, 0.5) is 0 Å². The van der Waals surface area contributed by atoms with Gasteiger partial charge in [0, 0.05) is 17.7 Å². The zero-order valence-electron chi connectivity index (χ0n) is 15.8. The van der Waals surface area contributed by atoms with Crippen LogP contribution in [0.2, 0.25) is 0 Å². The van der Waals surface area contributed by atoms with Gasteiger partial charge in [0.25, 0.3) is 11.8 Å². The molecule has 2 aromatic carbocycles. The summed E-state index contributed by atoms with van der Waals surface area (Å²) in [5.41, 5.74) is 6.86. The Morgan fingerprint density at radius 3 is 2.43 bits per heavy atom. The van der Waals surface area contributed by atoms with E-state index >= 15 is 0 Å². The maximum atomic E-state index is 12.3. The summed E-state index contributed by atoms with van der Waals surface area (Å²) in [5, 5.41) is 2.48. The summed E-state index contributed by atoms with van der Waals surface area (Å²) in [6, 6.07) is 13.8. The Bertz CT molecular complexity index is 824. The second-order valence-corrected chi connectivity index (χ2v) is 6.21. The molecule has 28 heavy (non-hydrogen) atoms. The number of thiocarbonyl (C=S) groups is 1. The number of hydrazine groups is 1. The maximum absolute atomic E-state index is 12.3. The molecule has 0 saturated carbocycles. The first-order valence-electron chi connectivity index (χ1n) is 8.78. The molecule has 2 amide bonds. The summed E-state index contributed by atoms with van der Waals surface area (Å²) in [5.74, 6) is -0.224. The summed E-state index contributed by atoms with van der Waals surface area (Å²) >= 11 is 5.05. The summed E-state index contributed by atoms with van der Waals surface area (Å²) in [4.78, 5) is 24.3. The van der Waals surface area contributed by atoms with Gasteiger partial charge in [0.2, 0.25) is 0 Å². The minimum atomic E-state index is -0.419. The van der Waals surface area contributed by atoms with Crippen molar-refractivity contribution in [1.82, 2.24) is 16.2 Å². The average molecular weight is 401 g/mol. The minimum absolute atomic E-state index is 0.0203. The largest absolute Gasteiger partial charge is 0.491 e. The van der Waals surface area contributed by atoms with Crippen molar-refractivity contribution in [2.24, 2.45) is 0 Å². The van der Waals surface area contributed by atoms with Gasteiger partial charge in [-0.05, 0) is 56.4 Å². The molecule has 0 spiro atoms. The van der Waals surface area contributed by atoms with Crippen LogP contribution in [0.25, 0.3) is 0 Å². The van der Waals surface area contributed by atoms with Crippen LogP contribution in [-0.4, -0.2) is 36.7 Å². The first-order chi connectivity index (χ1) is 13.5. The van der Waals surface area contributed by atoms with E-state index in [1.54, 1.807) is 36.4 Å². The van der Waals surface area contributed by atoms with Gasteiger partial charge >= 0.3 is 0 Å². The van der Waals surface area contributed by atoms with E-state index in [4.69, 9.17) is 21.7 Å². The number of carbonyl (C=O) groups is 2. The Hall–Kier alpha value is -2.97. The van der Waals surface area contributed by atoms with Gasteiger partial charge in [0.15, 0.2) is 5.11 Å². The van der Waals surface area contributed by atoms with Crippen LogP contribution in [-0.2, 0) is 4.74 Å². The number of hydrogen-bond acceptors (Lipinski definition) is 5. The van der Waals surface area contributed by atoms with Crippen molar-refractivity contribution >= 4 is 29.1 Å². The molecule has 0 aromatic heterocycles. The number of aryl methyl sites for hydroxylation is 1. The Kier molecular flexibility index (Phi) is 8.38. The van der Waals surface area contributed by atoms with Crippen LogP contribution < -0.4 is 20.9 Å². The van der Waals surface area contributed by atoms with Crippen molar-refractivity contribution in [2.75, 3.05) is 19.8 Å². The van der Waals surface area contributed by atoms with E-state index in [2.05, 4.69) is 16.2 Å². The molecule has 0 aliphatic carbocycles. The van der Waals surface area contributed by atoms with Crippen LogP contribution in [0.3, 0.4) is 0 Å². The molecule has 2 rings (SSSR count). The van der Waals surface area contributed by atoms with Gasteiger partial charge in [-0.1, -0.05) is 23.8 Å². The van der Waals surface area contributed by atoms with E-state index in [1.165, 1.54) is 0 Å². The van der Waals surface area contributed by atoms with Gasteiger partial charge in [-0.15, -0.1) is 0 Å². The van der Waals surface area contributed by atoms with Crippen molar-refractivity contribution in [3.63, 3.8) is 0 Å². The van der Waals surface area contributed by atoms with E-state index < -0.39 is 5.91 Å². The average Bonchev–Trinajstić information content (AvgIpc) is 2.70. The van der Waals surface area contributed by atoms with Crippen LogP contribution in [0.5, 0.6) is 5.75 Å². The molecule has 0 unspecified atom stereocenters. The van der Waals surface area contributed by atoms with Crippen molar-refractivity contribution in [3.05, 3.63) is 65.2 Å². The SMILES string of the molecule is CCOCCOc1cccc(C(=O)NC(=S)NNC(=O)c2ccc(C)cc2)c1. The van der Waals surface area contributed by atoms with Crippen molar-refractivity contribution in [3.8, 4) is 5.75 Å². The van der Waals surface area contributed by atoms with E-state index in [0.29, 0.717) is 36.7 Å². The molecular weight excluding hydrogens is 378 g/mol. The molecule has 2 aromatic rings. The van der Waals surface area contributed by atoms with Crippen LogP contribution in [0.15, 0.2) is 48.5 Å². The van der Waals surface area contributed by atoms with E-state index in [9.17, 15) is 9.59 Å². The second kappa shape index (κ2) is 11.0. The highest BCUT2D eigenvalue weighted by molar-refractivity contribution is 7.80. The lowest BCUT2D eigenvalue weighted by Crippen LogP contribution is -2.48. The Morgan fingerprint density at radius 1 is 0.964 bits per heavy atom. The molecule has 0 atom stereocenters. The molecule has 7 nitrogen and oxygen atoms in total. The lowest BCUT2D eigenvalue weighted by atomic mass is 10.1. The van der Waals surface area contributed by atoms with E-state index in [0.717, 1.165) is 5.56 Å². The maximum Gasteiger partial charge on any atom is 0.269 e. The molecule has 148 valence electrons. The number of hydrogen-bond donors (Lipinski definition) is 3. The van der Waals surface area contributed by atoms with Crippen LogP contribution in [0, 0.1) is 6.92 Å². The third-order valence-electron chi connectivity index (χ3n) is 3.63. The molecule has 0 heterocycles.